The number of ether oxygens (including phenoxy) is 1. The Morgan fingerprint density at radius 3 is 2.56 bits per heavy atom. The van der Waals surface area contributed by atoms with Crippen LogP contribution in [-0.2, 0) is 14.3 Å². The van der Waals surface area contributed by atoms with Crippen molar-refractivity contribution >= 4 is 11.8 Å². The fourth-order valence-corrected chi connectivity index (χ4v) is 1.61. The molecular formula is C11H18N4O3. The van der Waals surface area contributed by atoms with Crippen molar-refractivity contribution in [3.63, 3.8) is 0 Å². The first kappa shape index (κ1) is 14.4. The van der Waals surface area contributed by atoms with Gasteiger partial charge in [-0.2, -0.15) is 5.26 Å². The number of nitriles is 1. The molecule has 7 nitrogen and oxygen atoms in total. The second-order valence-electron chi connectivity index (χ2n) is 3.90. The molecule has 0 aromatic rings. The van der Waals surface area contributed by atoms with Gasteiger partial charge >= 0.3 is 11.8 Å². The smallest absolute Gasteiger partial charge is 0.310 e. The normalized spacial score (nSPS) is 15.7. The summed E-state index contributed by atoms with van der Waals surface area (Å²) in [5.74, 6) is -1.45. The van der Waals surface area contributed by atoms with Crippen LogP contribution in [0.3, 0.4) is 0 Å². The Balaban J connectivity index is 2.04. The molecule has 0 saturated carbocycles. The van der Waals surface area contributed by atoms with Crippen LogP contribution >= 0.6 is 0 Å². The van der Waals surface area contributed by atoms with Crippen molar-refractivity contribution < 1.29 is 14.3 Å². The van der Waals surface area contributed by atoms with Crippen molar-refractivity contribution in [3.05, 3.63) is 0 Å². The topological polar surface area (TPSA) is 94.5 Å². The summed E-state index contributed by atoms with van der Waals surface area (Å²) >= 11 is 0. The van der Waals surface area contributed by atoms with Gasteiger partial charge in [0.05, 0.1) is 19.3 Å². The number of amides is 2. The lowest BCUT2D eigenvalue weighted by atomic mass is 10.3. The average Bonchev–Trinajstić information content (AvgIpc) is 2.41. The van der Waals surface area contributed by atoms with Gasteiger partial charge in [-0.1, -0.05) is 0 Å². The van der Waals surface area contributed by atoms with E-state index >= 15 is 0 Å². The molecule has 1 rings (SSSR count). The first-order valence-corrected chi connectivity index (χ1v) is 5.97. The van der Waals surface area contributed by atoms with Crippen LogP contribution in [0.15, 0.2) is 0 Å². The maximum absolute atomic E-state index is 11.2. The number of nitrogens with one attached hydrogen (secondary N) is 2. The molecular weight excluding hydrogens is 236 g/mol. The molecule has 0 bridgehead atoms. The molecule has 0 aliphatic carbocycles. The first-order valence-electron chi connectivity index (χ1n) is 5.97. The van der Waals surface area contributed by atoms with Crippen LogP contribution in [0.2, 0.25) is 0 Å². The molecule has 0 aromatic carbocycles. The minimum atomic E-state index is -0.761. The second-order valence-corrected chi connectivity index (χ2v) is 3.90. The summed E-state index contributed by atoms with van der Waals surface area (Å²) in [4.78, 5) is 24.6. The van der Waals surface area contributed by atoms with Gasteiger partial charge in [0.25, 0.3) is 0 Å². The lowest BCUT2D eigenvalue weighted by molar-refractivity contribution is -0.139. The molecule has 1 heterocycles. The molecule has 1 aliphatic rings. The molecule has 0 atom stereocenters. The van der Waals surface area contributed by atoms with Gasteiger partial charge in [0, 0.05) is 19.6 Å². The third-order valence-corrected chi connectivity index (χ3v) is 2.57. The molecule has 0 radical (unpaired) electrons. The molecule has 7 heteroatoms. The highest BCUT2D eigenvalue weighted by Crippen LogP contribution is 1.97. The van der Waals surface area contributed by atoms with E-state index < -0.39 is 11.8 Å². The van der Waals surface area contributed by atoms with Crippen molar-refractivity contribution in [2.24, 2.45) is 0 Å². The second kappa shape index (κ2) is 8.44. The van der Waals surface area contributed by atoms with E-state index in [4.69, 9.17) is 10.00 Å². The highest BCUT2D eigenvalue weighted by atomic mass is 16.5. The summed E-state index contributed by atoms with van der Waals surface area (Å²) in [6, 6.07) is 1.73. The van der Waals surface area contributed by atoms with Gasteiger partial charge in [-0.25, -0.2) is 0 Å². The average molecular weight is 254 g/mol. The van der Waals surface area contributed by atoms with E-state index in [1.54, 1.807) is 6.07 Å². The fraction of sp³-hybridized carbons (Fsp3) is 0.727. The van der Waals surface area contributed by atoms with E-state index in [2.05, 4.69) is 15.5 Å². The Bertz CT molecular complexity index is 321. The standard InChI is InChI=1S/C11H18N4O3/c12-2-4-14-11(17)10(16)13-3-1-5-15-6-8-18-9-7-15/h1,3-9H2,(H,13,16)(H,14,17). The molecule has 1 aliphatic heterocycles. The molecule has 18 heavy (non-hydrogen) atoms. The van der Waals surface area contributed by atoms with Crippen LogP contribution in [0.4, 0.5) is 0 Å². The highest BCUT2D eigenvalue weighted by Gasteiger charge is 2.12. The zero-order valence-corrected chi connectivity index (χ0v) is 10.3. The highest BCUT2D eigenvalue weighted by molar-refractivity contribution is 6.35. The van der Waals surface area contributed by atoms with Crippen LogP contribution < -0.4 is 10.6 Å². The number of hydrogen-bond donors (Lipinski definition) is 2. The maximum Gasteiger partial charge on any atom is 0.310 e. The van der Waals surface area contributed by atoms with Crippen LogP contribution in [0.25, 0.3) is 0 Å². The lowest BCUT2D eigenvalue weighted by Crippen LogP contribution is -2.42. The fourth-order valence-electron chi connectivity index (χ4n) is 1.61. The van der Waals surface area contributed by atoms with Gasteiger partial charge in [-0.15, -0.1) is 0 Å². The van der Waals surface area contributed by atoms with Crippen molar-refractivity contribution in [1.82, 2.24) is 15.5 Å². The third-order valence-electron chi connectivity index (χ3n) is 2.57. The number of morpholine rings is 1. The van der Waals surface area contributed by atoms with Gasteiger partial charge in [-0.3, -0.25) is 14.5 Å². The van der Waals surface area contributed by atoms with Crippen LogP contribution in [0.5, 0.6) is 0 Å². The largest absolute Gasteiger partial charge is 0.379 e. The summed E-state index contributed by atoms with van der Waals surface area (Å²) in [5.41, 5.74) is 0. The summed E-state index contributed by atoms with van der Waals surface area (Å²) in [6.07, 6.45) is 0.789. The minimum Gasteiger partial charge on any atom is -0.379 e. The molecule has 1 fully saturated rings. The molecule has 2 N–H and O–H groups in total. The van der Waals surface area contributed by atoms with Crippen LogP contribution in [0, 0.1) is 11.3 Å². The zero-order chi connectivity index (χ0) is 13.2. The van der Waals surface area contributed by atoms with E-state index in [0.29, 0.717) is 6.54 Å². The van der Waals surface area contributed by atoms with E-state index in [1.165, 1.54) is 0 Å². The SMILES string of the molecule is N#CCNC(=O)C(=O)NCCCN1CCOCC1. The molecule has 1 saturated heterocycles. The molecule has 0 unspecified atom stereocenters. The Morgan fingerprint density at radius 1 is 1.22 bits per heavy atom. The van der Waals surface area contributed by atoms with Crippen molar-refractivity contribution in [3.8, 4) is 6.07 Å². The summed E-state index contributed by atoms with van der Waals surface area (Å²) < 4.78 is 5.22. The minimum absolute atomic E-state index is 0.153. The maximum atomic E-state index is 11.2. The van der Waals surface area contributed by atoms with E-state index in [9.17, 15) is 9.59 Å². The molecule has 0 spiro atoms. The molecule has 2 amide bonds. The van der Waals surface area contributed by atoms with Gasteiger partial charge in [-0.05, 0) is 13.0 Å². The molecule has 0 aromatic heterocycles. The lowest BCUT2D eigenvalue weighted by Gasteiger charge is -2.26. The quantitative estimate of drug-likeness (QED) is 0.352. The number of rotatable bonds is 5. The van der Waals surface area contributed by atoms with Gasteiger partial charge in [0.2, 0.25) is 0 Å². The Morgan fingerprint density at radius 2 is 1.89 bits per heavy atom. The summed E-state index contributed by atoms with van der Waals surface area (Å²) in [6.45, 7) is 4.51. The number of carbonyl (C=O) groups is 2. The monoisotopic (exact) mass is 254 g/mol. The number of hydrogen-bond acceptors (Lipinski definition) is 5. The van der Waals surface area contributed by atoms with Gasteiger partial charge in [0.1, 0.15) is 6.54 Å². The predicted molar refractivity (Wildman–Crippen MR) is 63.5 cm³/mol. The Labute approximate surface area is 106 Å². The number of carbonyl (C=O) groups excluding carboxylic acids is 2. The van der Waals surface area contributed by atoms with Gasteiger partial charge < -0.3 is 15.4 Å². The van der Waals surface area contributed by atoms with Crippen LogP contribution in [-0.4, -0.2) is 62.7 Å². The Hall–Kier alpha value is -1.65. The summed E-state index contributed by atoms with van der Waals surface area (Å²) in [5, 5.41) is 12.9. The van der Waals surface area contributed by atoms with E-state index in [0.717, 1.165) is 39.3 Å². The zero-order valence-electron chi connectivity index (χ0n) is 10.3. The number of nitrogens with zero attached hydrogens (tertiary/aromatic N) is 2. The van der Waals surface area contributed by atoms with Crippen LogP contribution in [0.1, 0.15) is 6.42 Å². The Kier molecular flexibility index (Phi) is 6.76. The van der Waals surface area contributed by atoms with Gasteiger partial charge in [0.15, 0.2) is 0 Å². The summed E-state index contributed by atoms with van der Waals surface area (Å²) in [7, 11) is 0. The first-order chi connectivity index (χ1) is 8.74. The predicted octanol–water partition coefficient (Wildman–Crippen LogP) is -1.54. The van der Waals surface area contributed by atoms with Crippen molar-refractivity contribution in [1.29, 1.82) is 5.26 Å². The van der Waals surface area contributed by atoms with Crippen molar-refractivity contribution in [2.45, 2.75) is 6.42 Å². The van der Waals surface area contributed by atoms with Crippen molar-refractivity contribution in [2.75, 3.05) is 45.9 Å². The molecule has 100 valence electrons. The van der Waals surface area contributed by atoms with E-state index in [1.807, 2.05) is 0 Å². The van der Waals surface area contributed by atoms with E-state index in [-0.39, 0.29) is 6.54 Å². The third kappa shape index (κ3) is 5.61.